The van der Waals surface area contributed by atoms with Crippen molar-refractivity contribution in [3.63, 3.8) is 0 Å². The second-order valence-electron chi connectivity index (χ2n) is 5.01. The number of anilines is 3. The van der Waals surface area contributed by atoms with Crippen LogP contribution in [0, 0.1) is 13.8 Å². The number of aromatic nitrogens is 3. The van der Waals surface area contributed by atoms with Crippen LogP contribution in [0.15, 0.2) is 47.2 Å². The number of nitrogens with one attached hydrogen (secondary N) is 2. The molecule has 23 heavy (non-hydrogen) atoms. The van der Waals surface area contributed by atoms with Gasteiger partial charge in [-0.3, -0.25) is 4.79 Å². The molecule has 0 spiro atoms. The van der Waals surface area contributed by atoms with Crippen molar-refractivity contribution >= 4 is 23.2 Å². The van der Waals surface area contributed by atoms with Gasteiger partial charge in [-0.05, 0) is 25.5 Å². The highest BCUT2D eigenvalue weighted by Gasteiger charge is 2.11. The largest absolute Gasteiger partial charge is 0.360 e. The molecular formula is C16H15N5O2. The Morgan fingerprint density at radius 2 is 1.91 bits per heavy atom. The fourth-order valence-electron chi connectivity index (χ4n) is 2.01. The molecule has 0 fully saturated rings. The highest BCUT2D eigenvalue weighted by Crippen LogP contribution is 2.18. The third kappa shape index (κ3) is 3.52. The first-order chi connectivity index (χ1) is 11.1. The van der Waals surface area contributed by atoms with Crippen molar-refractivity contribution in [1.82, 2.24) is 15.1 Å². The molecular weight excluding hydrogens is 294 g/mol. The summed E-state index contributed by atoms with van der Waals surface area (Å²) in [4.78, 5) is 20.3. The number of nitrogens with zero attached hydrogens (tertiary/aromatic N) is 3. The van der Waals surface area contributed by atoms with E-state index in [4.69, 9.17) is 4.52 Å². The highest BCUT2D eigenvalue weighted by molar-refractivity contribution is 6.02. The van der Waals surface area contributed by atoms with Crippen molar-refractivity contribution in [3.05, 3.63) is 59.7 Å². The summed E-state index contributed by atoms with van der Waals surface area (Å²) in [5.74, 6) is 1.12. The van der Waals surface area contributed by atoms with Crippen LogP contribution in [0.3, 0.4) is 0 Å². The molecule has 3 rings (SSSR count). The second kappa shape index (κ2) is 6.27. The Balaban J connectivity index is 1.77. The van der Waals surface area contributed by atoms with Gasteiger partial charge in [0, 0.05) is 17.8 Å². The van der Waals surface area contributed by atoms with E-state index >= 15 is 0 Å². The minimum absolute atomic E-state index is 0.233. The van der Waals surface area contributed by atoms with E-state index in [9.17, 15) is 4.79 Å². The average Bonchev–Trinajstić information content (AvgIpc) is 2.95. The number of aryl methyl sites for hydroxylation is 2. The molecule has 0 radical (unpaired) electrons. The summed E-state index contributed by atoms with van der Waals surface area (Å²) < 4.78 is 4.91. The van der Waals surface area contributed by atoms with Gasteiger partial charge in [0.25, 0.3) is 5.91 Å². The molecule has 2 aromatic heterocycles. The number of carbonyl (C=O) groups excluding carboxylic acids is 1. The zero-order valence-electron chi connectivity index (χ0n) is 12.7. The molecule has 1 aromatic carbocycles. The number of rotatable bonds is 4. The summed E-state index contributed by atoms with van der Waals surface area (Å²) in [7, 11) is 0. The minimum Gasteiger partial charge on any atom is -0.360 e. The average molecular weight is 309 g/mol. The first-order valence-corrected chi connectivity index (χ1v) is 7.01. The monoisotopic (exact) mass is 309 g/mol. The lowest BCUT2D eigenvalue weighted by Crippen LogP contribution is -2.14. The van der Waals surface area contributed by atoms with Gasteiger partial charge >= 0.3 is 0 Å². The molecule has 3 aromatic rings. The number of carbonyl (C=O) groups is 1. The Morgan fingerprint density at radius 1 is 1.09 bits per heavy atom. The lowest BCUT2D eigenvalue weighted by Gasteiger charge is -2.09. The van der Waals surface area contributed by atoms with Gasteiger partial charge in [0.1, 0.15) is 23.6 Å². The predicted octanol–water partition coefficient (Wildman–Crippen LogP) is 3.08. The van der Waals surface area contributed by atoms with E-state index < -0.39 is 0 Å². The van der Waals surface area contributed by atoms with Crippen LogP contribution < -0.4 is 10.6 Å². The third-order valence-corrected chi connectivity index (χ3v) is 3.18. The van der Waals surface area contributed by atoms with Crippen LogP contribution in [0.4, 0.5) is 17.3 Å². The normalized spacial score (nSPS) is 10.3. The van der Waals surface area contributed by atoms with Gasteiger partial charge in [-0.2, -0.15) is 0 Å². The highest BCUT2D eigenvalue weighted by atomic mass is 16.5. The van der Waals surface area contributed by atoms with E-state index in [1.807, 2.05) is 31.2 Å². The molecule has 0 aliphatic carbocycles. The minimum atomic E-state index is -0.381. The number of amides is 1. The van der Waals surface area contributed by atoms with Crippen LogP contribution in [-0.2, 0) is 0 Å². The van der Waals surface area contributed by atoms with Crippen LogP contribution in [0.2, 0.25) is 0 Å². The smallest absolute Gasteiger partial charge is 0.275 e. The Hall–Kier alpha value is -3.22. The summed E-state index contributed by atoms with van der Waals surface area (Å²) >= 11 is 0. The van der Waals surface area contributed by atoms with Gasteiger partial charge in [0.2, 0.25) is 0 Å². The number of hydrogen-bond acceptors (Lipinski definition) is 6. The van der Waals surface area contributed by atoms with Crippen LogP contribution >= 0.6 is 0 Å². The lowest BCUT2D eigenvalue weighted by molar-refractivity contribution is 0.102. The quantitative estimate of drug-likeness (QED) is 0.769. The number of para-hydroxylation sites is 1. The molecule has 0 aliphatic rings. The molecule has 1 amide bonds. The van der Waals surface area contributed by atoms with E-state index in [-0.39, 0.29) is 11.6 Å². The molecule has 0 atom stereocenters. The zero-order valence-corrected chi connectivity index (χ0v) is 12.7. The summed E-state index contributed by atoms with van der Waals surface area (Å²) in [5.41, 5.74) is 2.23. The third-order valence-electron chi connectivity index (χ3n) is 3.18. The summed E-state index contributed by atoms with van der Waals surface area (Å²) in [6, 6.07) is 11.0. The molecule has 0 unspecified atom stereocenters. The van der Waals surface area contributed by atoms with Gasteiger partial charge in [-0.15, -0.1) is 0 Å². The first kappa shape index (κ1) is 14.7. The van der Waals surface area contributed by atoms with E-state index in [1.54, 1.807) is 19.1 Å². The molecule has 7 nitrogen and oxygen atoms in total. The van der Waals surface area contributed by atoms with Gasteiger partial charge in [0.15, 0.2) is 5.82 Å². The number of benzene rings is 1. The van der Waals surface area contributed by atoms with E-state index in [0.717, 1.165) is 11.3 Å². The van der Waals surface area contributed by atoms with Crippen molar-refractivity contribution in [2.75, 3.05) is 10.6 Å². The number of hydrogen-bond donors (Lipinski definition) is 2. The molecule has 0 saturated heterocycles. The summed E-state index contributed by atoms with van der Waals surface area (Å²) in [6.45, 7) is 3.74. The fraction of sp³-hybridized carbons (Fsp3) is 0.125. The maximum atomic E-state index is 12.2. The van der Waals surface area contributed by atoms with Crippen LogP contribution in [0.1, 0.15) is 21.8 Å². The zero-order chi connectivity index (χ0) is 16.2. The maximum absolute atomic E-state index is 12.2. The van der Waals surface area contributed by atoms with Gasteiger partial charge in [0.05, 0.1) is 0 Å². The van der Waals surface area contributed by atoms with E-state index in [1.165, 1.54) is 6.33 Å². The second-order valence-corrected chi connectivity index (χ2v) is 5.01. The Labute approximate surface area is 132 Å². The Kier molecular flexibility index (Phi) is 4.01. The van der Waals surface area contributed by atoms with Crippen LogP contribution in [0.5, 0.6) is 0 Å². The molecule has 116 valence electrons. The van der Waals surface area contributed by atoms with Crippen molar-refractivity contribution in [3.8, 4) is 0 Å². The summed E-state index contributed by atoms with van der Waals surface area (Å²) in [6.07, 6.45) is 1.34. The van der Waals surface area contributed by atoms with Crippen molar-refractivity contribution < 1.29 is 9.32 Å². The molecule has 0 bridgehead atoms. The molecule has 0 saturated carbocycles. The Morgan fingerprint density at radius 3 is 2.65 bits per heavy atom. The van der Waals surface area contributed by atoms with Gasteiger partial charge in [-0.25, -0.2) is 9.97 Å². The van der Waals surface area contributed by atoms with Crippen LogP contribution in [-0.4, -0.2) is 21.0 Å². The van der Waals surface area contributed by atoms with E-state index in [0.29, 0.717) is 17.4 Å². The van der Waals surface area contributed by atoms with Gasteiger partial charge in [-0.1, -0.05) is 23.4 Å². The maximum Gasteiger partial charge on any atom is 0.275 e. The topological polar surface area (TPSA) is 92.9 Å². The lowest BCUT2D eigenvalue weighted by atomic mass is 10.2. The summed E-state index contributed by atoms with van der Waals surface area (Å²) in [5, 5.41) is 9.51. The molecule has 7 heteroatoms. The standard InChI is InChI=1S/C16H15N5O2/c1-10-5-3-4-6-12(10)19-14-8-13(17-9-18-14)16(22)20-15-7-11(2)23-21-15/h3-9H,1-2H3,(H,17,18,19)(H,20,21,22). The SMILES string of the molecule is Cc1cc(NC(=O)c2cc(Nc3ccccc3C)ncn2)no1. The predicted molar refractivity (Wildman–Crippen MR) is 85.7 cm³/mol. The molecule has 0 aliphatic heterocycles. The van der Waals surface area contributed by atoms with Crippen molar-refractivity contribution in [2.45, 2.75) is 13.8 Å². The molecule has 2 N–H and O–H groups in total. The fourth-order valence-corrected chi connectivity index (χ4v) is 2.01. The van der Waals surface area contributed by atoms with E-state index in [2.05, 4.69) is 25.8 Å². The van der Waals surface area contributed by atoms with Crippen LogP contribution in [0.25, 0.3) is 0 Å². The van der Waals surface area contributed by atoms with Crippen molar-refractivity contribution in [1.29, 1.82) is 0 Å². The van der Waals surface area contributed by atoms with Gasteiger partial charge < -0.3 is 15.2 Å². The van der Waals surface area contributed by atoms with Crippen molar-refractivity contribution in [2.24, 2.45) is 0 Å². The first-order valence-electron chi connectivity index (χ1n) is 7.01. The Bertz CT molecular complexity index is 844. The molecule has 2 heterocycles.